The van der Waals surface area contributed by atoms with E-state index in [1.165, 1.54) is 0 Å². The summed E-state index contributed by atoms with van der Waals surface area (Å²) < 4.78 is 10.9. The summed E-state index contributed by atoms with van der Waals surface area (Å²) in [5.74, 6) is 1.63. The summed E-state index contributed by atoms with van der Waals surface area (Å²) in [6.07, 6.45) is 2.50. The fourth-order valence-electron chi connectivity index (χ4n) is 3.07. The van der Waals surface area contributed by atoms with Gasteiger partial charge in [0.2, 0.25) is 0 Å². The molecule has 0 bridgehead atoms. The van der Waals surface area contributed by atoms with Crippen LogP contribution in [-0.2, 0) is 4.74 Å². The Hall–Kier alpha value is -1.73. The van der Waals surface area contributed by atoms with Gasteiger partial charge in [0.05, 0.1) is 12.9 Å². The fourth-order valence-corrected chi connectivity index (χ4v) is 4.38. The van der Waals surface area contributed by atoms with E-state index in [0.29, 0.717) is 16.7 Å². The van der Waals surface area contributed by atoms with Gasteiger partial charge in [-0.3, -0.25) is 9.89 Å². The average Bonchev–Trinajstić information content (AvgIpc) is 3.24. The van der Waals surface area contributed by atoms with Crippen molar-refractivity contribution in [3.8, 4) is 11.5 Å². The molecule has 0 spiro atoms. The molecule has 2 aliphatic rings. The maximum atomic E-state index is 12.8. The SMILES string of the molecule is O=C(c1cc(-c2ccco2)[nH]n1)N1CCS[C@@H]2COCC[C@H]21. The van der Waals surface area contributed by atoms with Crippen LogP contribution in [0.15, 0.2) is 28.9 Å². The van der Waals surface area contributed by atoms with Crippen LogP contribution in [0.5, 0.6) is 0 Å². The first-order valence-corrected chi connectivity index (χ1v) is 8.47. The number of amides is 1. The molecule has 2 aliphatic heterocycles. The van der Waals surface area contributed by atoms with E-state index >= 15 is 0 Å². The van der Waals surface area contributed by atoms with Gasteiger partial charge in [-0.2, -0.15) is 16.9 Å². The summed E-state index contributed by atoms with van der Waals surface area (Å²) in [5.41, 5.74) is 1.17. The number of ether oxygens (including phenoxy) is 1. The minimum Gasteiger partial charge on any atom is -0.463 e. The number of hydrogen-bond donors (Lipinski definition) is 1. The summed E-state index contributed by atoms with van der Waals surface area (Å²) in [7, 11) is 0. The lowest BCUT2D eigenvalue weighted by molar-refractivity contribution is 0.0315. The number of hydrogen-bond acceptors (Lipinski definition) is 5. The monoisotopic (exact) mass is 319 g/mol. The van der Waals surface area contributed by atoms with Crippen LogP contribution >= 0.6 is 11.8 Å². The second-order valence-electron chi connectivity index (χ2n) is 5.48. The van der Waals surface area contributed by atoms with E-state index in [9.17, 15) is 4.79 Å². The highest BCUT2D eigenvalue weighted by molar-refractivity contribution is 8.00. The minimum absolute atomic E-state index is 0.00810. The zero-order valence-electron chi connectivity index (χ0n) is 12.0. The van der Waals surface area contributed by atoms with Gasteiger partial charge in [0.25, 0.3) is 5.91 Å². The van der Waals surface area contributed by atoms with E-state index < -0.39 is 0 Å². The molecule has 1 N–H and O–H groups in total. The molecule has 2 saturated heterocycles. The number of nitrogens with one attached hydrogen (secondary N) is 1. The van der Waals surface area contributed by atoms with Crippen molar-refractivity contribution in [2.24, 2.45) is 0 Å². The molecular formula is C15H17N3O3S. The van der Waals surface area contributed by atoms with Crippen molar-refractivity contribution in [3.63, 3.8) is 0 Å². The number of rotatable bonds is 2. The highest BCUT2D eigenvalue weighted by atomic mass is 32.2. The lowest BCUT2D eigenvalue weighted by Gasteiger charge is -2.43. The van der Waals surface area contributed by atoms with Gasteiger partial charge < -0.3 is 14.1 Å². The van der Waals surface area contributed by atoms with Crippen molar-refractivity contribution < 1.29 is 13.9 Å². The van der Waals surface area contributed by atoms with Gasteiger partial charge in [-0.25, -0.2) is 0 Å². The quantitative estimate of drug-likeness (QED) is 0.917. The smallest absolute Gasteiger partial charge is 0.274 e. The molecule has 0 saturated carbocycles. The summed E-state index contributed by atoms with van der Waals surface area (Å²) in [5, 5.41) is 7.43. The maximum Gasteiger partial charge on any atom is 0.274 e. The van der Waals surface area contributed by atoms with Gasteiger partial charge >= 0.3 is 0 Å². The molecule has 2 aromatic heterocycles. The van der Waals surface area contributed by atoms with Gasteiger partial charge in [-0.05, 0) is 18.6 Å². The highest BCUT2D eigenvalue weighted by Crippen LogP contribution is 2.31. The summed E-state index contributed by atoms with van der Waals surface area (Å²) in [4.78, 5) is 14.8. The number of H-pyrrole nitrogens is 1. The van der Waals surface area contributed by atoms with Crippen molar-refractivity contribution in [1.29, 1.82) is 0 Å². The molecule has 2 fully saturated rings. The van der Waals surface area contributed by atoms with E-state index in [1.807, 2.05) is 28.8 Å². The molecular weight excluding hydrogens is 302 g/mol. The van der Waals surface area contributed by atoms with Crippen LogP contribution in [0.2, 0.25) is 0 Å². The molecule has 7 heteroatoms. The van der Waals surface area contributed by atoms with E-state index in [0.717, 1.165) is 37.6 Å². The van der Waals surface area contributed by atoms with Crippen molar-refractivity contribution in [3.05, 3.63) is 30.2 Å². The van der Waals surface area contributed by atoms with Crippen molar-refractivity contribution >= 4 is 17.7 Å². The number of aromatic nitrogens is 2. The Bertz CT molecular complexity index is 653. The molecule has 0 aliphatic carbocycles. The van der Waals surface area contributed by atoms with E-state index in [-0.39, 0.29) is 11.9 Å². The third kappa shape index (κ3) is 2.44. The van der Waals surface area contributed by atoms with Crippen LogP contribution in [0, 0.1) is 0 Å². The molecule has 4 rings (SSSR count). The van der Waals surface area contributed by atoms with Gasteiger partial charge in [-0.1, -0.05) is 0 Å². The first kappa shape index (κ1) is 13.9. The summed E-state index contributed by atoms with van der Waals surface area (Å²) in [6, 6.07) is 5.67. The van der Waals surface area contributed by atoms with Crippen molar-refractivity contribution in [2.45, 2.75) is 17.7 Å². The number of aromatic amines is 1. The zero-order chi connectivity index (χ0) is 14.9. The van der Waals surface area contributed by atoms with Crippen molar-refractivity contribution in [1.82, 2.24) is 15.1 Å². The van der Waals surface area contributed by atoms with Gasteiger partial charge in [0.1, 0.15) is 5.69 Å². The van der Waals surface area contributed by atoms with Crippen LogP contribution < -0.4 is 0 Å². The van der Waals surface area contributed by atoms with Crippen LogP contribution in [0.1, 0.15) is 16.9 Å². The second kappa shape index (κ2) is 5.81. The van der Waals surface area contributed by atoms with Gasteiger partial charge in [0, 0.05) is 36.3 Å². The zero-order valence-corrected chi connectivity index (χ0v) is 12.8. The number of nitrogens with zero attached hydrogens (tertiary/aromatic N) is 2. The molecule has 0 radical (unpaired) electrons. The normalized spacial score (nSPS) is 25.0. The Morgan fingerprint density at radius 2 is 2.45 bits per heavy atom. The standard InChI is InChI=1S/C15H17N3O3S/c19-15(11-8-10(16-17-11)13-2-1-5-21-13)18-4-7-22-14-9-20-6-3-12(14)18/h1-2,5,8,12,14H,3-4,6-7,9H2,(H,16,17)/t12-,14-/m1/s1. The molecule has 6 nitrogen and oxygen atoms in total. The number of carbonyl (C=O) groups excluding carboxylic acids is 1. The summed E-state index contributed by atoms with van der Waals surface area (Å²) in [6.45, 7) is 2.23. The largest absolute Gasteiger partial charge is 0.463 e. The second-order valence-corrected chi connectivity index (χ2v) is 6.83. The van der Waals surface area contributed by atoms with Crippen molar-refractivity contribution in [2.75, 3.05) is 25.5 Å². The lowest BCUT2D eigenvalue weighted by Crippen LogP contribution is -2.54. The molecule has 2 atom stereocenters. The first-order chi connectivity index (χ1) is 10.8. The van der Waals surface area contributed by atoms with E-state index in [1.54, 1.807) is 12.3 Å². The topological polar surface area (TPSA) is 71.4 Å². The Labute approximate surface area is 132 Å². The predicted octanol–water partition coefficient (Wildman–Crippen LogP) is 2.02. The highest BCUT2D eigenvalue weighted by Gasteiger charge is 2.37. The van der Waals surface area contributed by atoms with Gasteiger partial charge in [-0.15, -0.1) is 0 Å². The van der Waals surface area contributed by atoms with Gasteiger partial charge in [0.15, 0.2) is 11.5 Å². The Morgan fingerprint density at radius 1 is 1.50 bits per heavy atom. The molecule has 2 aromatic rings. The van der Waals surface area contributed by atoms with E-state index in [4.69, 9.17) is 9.15 Å². The summed E-state index contributed by atoms with van der Waals surface area (Å²) >= 11 is 1.90. The molecule has 4 heterocycles. The number of carbonyl (C=O) groups is 1. The minimum atomic E-state index is -0.00810. The average molecular weight is 319 g/mol. The molecule has 116 valence electrons. The molecule has 0 aromatic carbocycles. The first-order valence-electron chi connectivity index (χ1n) is 7.42. The molecule has 22 heavy (non-hydrogen) atoms. The Morgan fingerprint density at radius 3 is 3.32 bits per heavy atom. The van der Waals surface area contributed by atoms with Crippen LogP contribution in [0.3, 0.4) is 0 Å². The van der Waals surface area contributed by atoms with Crippen LogP contribution in [-0.4, -0.2) is 57.8 Å². The predicted molar refractivity (Wildman–Crippen MR) is 82.8 cm³/mol. The number of fused-ring (bicyclic) bond motifs is 1. The van der Waals surface area contributed by atoms with E-state index in [2.05, 4.69) is 10.2 Å². The third-order valence-corrected chi connectivity index (χ3v) is 5.47. The molecule has 1 amide bonds. The Kier molecular flexibility index (Phi) is 3.67. The van der Waals surface area contributed by atoms with Crippen LogP contribution in [0.25, 0.3) is 11.5 Å². The third-order valence-electron chi connectivity index (χ3n) is 4.18. The number of thioether (sulfide) groups is 1. The fraction of sp³-hybridized carbons (Fsp3) is 0.467. The maximum absolute atomic E-state index is 12.8. The lowest BCUT2D eigenvalue weighted by atomic mass is 10.1. The molecule has 0 unspecified atom stereocenters. The number of furan rings is 1. The Balaban J connectivity index is 1.56. The van der Waals surface area contributed by atoms with Crippen LogP contribution in [0.4, 0.5) is 0 Å².